The Hall–Kier alpha value is -2.54. The van der Waals surface area contributed by atoms with Crippen LogP contribution in [0.2, 0.25) is 10.0 Å². The van der Waals surface area contributed by atoms with Crippen molar-refractivity contribution >= 4 is 52.0 Å². The minimum atomic E-state index is -0.400. The summed E-state index contributed by atoms with van der Waals surface area (Å²) in [5.74, 6) is 0.0601. The Morgan fingerprint density at radius 1 is 1.07 bits per heavy atom. The first kappa shape index (κ1) is 21.2. The summed E-state index contributed by atoms with van der Waals surface area (Å²) in [5, 5.41) is 5.24. The van der Waals surface area contributed by atoms with E-state index in [1.54, 1.807) is 47.6 Å². The molecule has 0 bridgehead atoms. The summed E-state index contributed by atoms with van der Waals surface area (Å²) in [7, 11) is 1.59. The first-order chi connectivity index (χ1) is 14.0. The van der Waals surface area contributed by atoms with Gasteiger partial charge in [-0.3, -0.25) is 9.59 Å². The quantitative estimate of drug-likeness (QED) is 0.551. The normalized spacial score (nSPS) is 10.4. The number of hydrogen-bond donors (Lipinski definition) is 1. The summed E-state index contributed by atoms with van der Waals surface area (Å²) in [6, 6.07) is 15.7. The summed E-state index contributed by atoms with van der Waals surface area (Å²) < 4.78 is 5.18. The van der Waals surface area contributed by atoms with Gasteiger partial charge < -0.3 is 15.0 Å². The number of anilines is 1. The van der Waals surface area contributed by atoms with Crippen LogP contribution in [0.4, 0.5) is 5.69 Å². The Kier molecular flexibility index (Phi) is 7.14. The van der Waals surface area contributed by atoms with Gasteiger partial charge in [-0.1, -0.05) is 29.3 Å². The molecule has 5 nitrogen and oxygen atoms in total. The Bertz CT molecular complexity index is 992. The number of benzene rings is 2. The van der Waals surface area contributed by atoms with Gasteiger partial charge in [0.25, 0.3) is 5.91 Å². The molecule has 0 spiro atoms. The van der Waals surface area contributed by atoms with E-state index in [4.69, 9.17) is 27.9 Å². The predicted molar refractivity (Wildman–Crippen MR) is 117 cm³/mol. The van der Waals surface area contributed by atoms with Gasteiger partial charge in [-0.2, -0.15) is 0 Å². The first-order valence-corrected chi connectivity index (χ1v) is 10.3. The molecule has 3 aromatic rings. The molecule has 0 atom stereocenters. The highest BCUT2D eigenvalue weighted by atomic mass is 35.5. The summed E-state index contributed by atoms with van der Waals surface area (Å²) >= 11 is 13.4. The molecule has 3 rings (SSSR count). The van der Waals surface area contributed by atoms with E-state index in [0.29, 0.717) is 28.6 Å². The topological polar surface area (TPSA) is 58.6 Å². The predicted octanol–water partition coefficient (Wildman–Crippen LogP) is 5.03. The summed E-state index contributed by atoms with van der Waals surface area (Å²) in [4.78, 5) is 28.0. The lowest BCUT2D eigenvalue weighted by atomic mass is 10.2. The van der Waals surface area contributed by atoms with Crippen LogP contribution in [-0.4, -0.2) is 25.5 Å². The fourth-order valence-electron chi connectivity index (χ4n) is 2.63. The molecule has 0 aliphatic carbocycles. The van der Waals surface area contributed by atoms with E-state index in [9.17, 15) is 9.59 Å². The number of hydrogen-bond acceptors (Lipinski definition) is 4. The van der Waals surface area contributed by atoms with Crippen LogP contribution in [0, 0.1) is 0 Å². The lowest BCUT2D eigenvalue weighted by Crippen LogP contribution is -2.39. The number of halogens is 2. The van der Waals surface area contributed by atoms with E-state index >= 15 is 0 Å². The molecule has 0 saturated heterocycles. The minimum absolute atomic E-state index is 0.156. The zero-order chi connectivity index (χ0) is 20.8. The van der Waals surface area contributed by atoms with E-state index < -0.39 is 5.91 Å². The zero-order valence-corrected chi connectivity index (χ0v) is 17.9. The van der Waals surface area contributed by atoms with Crippen LogP contribution in [0.5, 0.6) is 5.75 Å². The number of carbonyl (C=O) groups excluding carboxylic acids is 2. The molecular weight excluding hydrogens is 431 g/mol. The number of ether oxygens (including phenoxy) is 1. The van der Waals surface area contributed by atoms with Gasteiger partial charge in [-0.15, -0.1) is 11.3 Å². The minimum Gasteiger partial charge on any atom is -0.497 e. The highest BCUT2D eigenvalue weighted by Crippen LogP contribution is 2.24. The second kappa shape index (κ2) is 9.78. The average Bonchev–Trinajstić information content (AvgIpc) is 3.25. The largest absolute Gasteiger partial charge is 0.497 e. The lowest BCUT2D eigenvalue weighted by molar-refractivity contribution is -0.117. The Balaban J connectivity index is 1.73. The zero-order valence-electron chi connectivity index (χ0n) is 15.5. The molecule has 0 unspecified atom stereocenters. The van der Waals surface area contributed by atoms with Gasteiger partial charge in [0.1, 0.15) is 5.75 Å². The van der Waals surface area contributed by atoms with Gasteiger partial charge in [0, 0.05) is 16.1 Å². The molecule has 2 aromatic carbocycles. The van der Waals surface area contributed by atoms with Crippen molar-refractivity contribution in [2.45, 2.75) is 6.54 Å². The van der Waals surface area contributed by atoms with Crippen molar-refractivity contribution in [3.05, 3.63) is 80.5 Å². The number of carbonyl (C=O) groups is 2. The SMILES string of the molecule is COc1ccc(N(Cc2cccs2)C(=O)CNC(=O)c2ccc(Cl)c(Cl)c2)cc1. The standard InChI is InChI=1S/C21H18Cl2N2O3S/c1-28-16-7-5-15(6-8-16)25(13-17-3-2-10-29-17)20(26)12-24-21(27)14-4-9-18(22)19(23)11-14/h2-11H,12-13H2,1H3,(H,24,27). The molecule has 0 fully saturated rings. The van der Waals surface area contributed by atoms with E-state index in [-0.39, 0.29) is 17.5 Å². The van der Waals surface area contributed by atoms with E-state index in [2.05, 4.69) is 5.32 Å². The Morgan fingerprint density at radius 3 is 2.45 bits per heavy atom. The Morgan fingerprint density at radius 2 is 1.83 bits per heavy atom. The van der Waals surface area contributed by atoms with Crippen molar-refractivity contribution in [2.75, 3.05) is 18.6 Å². The van der Waals surface area contributed by atoms with Gasteiger partial charge in [-0.25, -0.2) is 0 Å². The van der Waals surface area contributed by atoms with Crippen LogP contribution in [0.15, 0.2) is 60.0 Å². The lowest BCUT2D eigenvalue weighted by Gasteiger charge is -2.23. The molecule has 150 valence electrons. The number of nitrogens with zero attached hydrogens (tertiary/aromatic N) is 1. The van der Waals surface area contributed by atoms with Gasteiger partial charge in [-0.05, 0) is 53.9 Å². The van der Waals surface area contributed by atoms with Crippen molar-refractivity contribution in [3.8, 4) is 5.75 Å². The maximum Gasteiger partial charge on any atom is 0.251 e. The third-order valence-corrected chi connectivity index (χ3v) is 5.76. The van der Waals surface area contributed by atoms with Gasteiger partial charge >= 0.3 is 0 Å². The van der Waals surface area contributed by atoms with Crippen LogP contribution in [0.25, 0.3) is 0 Å². The molecule has 1 aromatic heterocycles. The molecular formula is C21H18Cl2N2O3S. The fraction of sp³-hybridized carbons (Fsp3) is 0.143. The second-order valence-corrected chi connectivity index (χ2v) is 7.92. The molecule has 2 amide bonds. The smallest absolute Gasteiger partial charge is 0.251 e. The molecule has 0 aliphatic rings. The maximum absolute atomic E-state index is 12.9. The second-order valence-electron chi connectivity index (χ2n) is 6.07. The molecule has 0 radical (unpaired) electrons. The highest BCUT2D eigenvalue weighted by Gasteiger charge is 2.18. The molecule has 0 saturated carbocycles. The van der Waals surface area contributed by atoms with Gasteiger partial charge in [0.05, 0.1) is 30.2 Å². The third-order valence-electron chi connectivity index (χ3n) is 4.16. The number of amides is 2. The number of nitrogens with one attached hydrogen (secondary N) is 1. The van der Waals surface area contributed by atoms with Crippen LogP contribution >= 0.6 is 34.5 Å². The third kappa shape index (κ3) is 5.50. The van der Waals surface area contributed by atoms with E-state index in [1.165, 1.54) is 6.07 Å². The fourth-order valence-corrected chi connectivity index (χ4v) is 3.63. The summed E-state index contributed by atoms with van der Waals surface area (Å²) in [6.45, 7) is 0.252. The highest BCUT2D eigenvalue weighted by molar-refractivity contribution is 7.09. The van der Waals surface area contributed by atoms with Crippen LogP contribution < -0.4 is 15.0 Å². The van der Waals surface area contributed by atoms with Crippen molar-refractivity contribution < 1.29 is 14.3 Å². The average molecular weight is 449 g/mol. The summed E-state index contributed by atoms with van der Waals surface area (Å²) in [6.07, 6.45) is 0. The number of rotatable bonds is 7. The van der Waals surface area contributed by atoms with Crippen molar-refractivity contribution in [3.63, 3.8) is 0 Å². The molecule has 8 heteroatoms. The van der Waals surface area contributed by atoms with E-state index in [0.717, 1.165) is 4.88 Å². The van der Waals surface area contributed by atoms with Gasteiger partial charge in [0.15, 0.2) is 0 Å². The number of thiophene rings is 1. The van der Waals surface area contributed by atoms with Crippen LogP contribution in [0.1, 0.15) is 15.2 Å². The first-order valence-electron chi connectivity index (χ1n) is 8.68. The van der Waals surface area contributed by atoms with E-state index in [1.807, 2.05) is 29.6 Å². The van der Waals surface area contributed by atoms with Crippen molar-refractivity contribution in [2.24, 2.45) is 0 Å². The van der Waals surface area contributed by atoms with Crippen LogP contribution in [0.3, 0.4) is 0 Å². The monoisotopic (exact) mass is 448 g/mol. The molecule has 0 aliphatic heterocycles. The maximum atomic E-state index is 12.9. The van der Waals surface area contributed by atoms with Crippen molar-refractivity contribution in [1.82, 2.24) is 5.32 Å². The van der Waals surface area contributed by atoms with Crippen molar-refractivity contribution in [1.29, 1.82) is 0 Å². The molecule has 29 heavy (non-hydrogen) atoms. The molecule has 1 heterocycles. The summed E-state index contributed by atoms with van der Waals surface area (Å²) in [5.41, 5.74) is 1.05. The number of methoxy groups -OCH3 is 1. The van der Waals surface area contributed by atoms with Crippen LogP contribution in [-0.2, 0) is 11.3 Å². The van der Waals surface area contributed by atoms with Gasteiger partial charge in [0.2, 0.25) is 5.91 Å². The molecule has 1 N–H and O–H groups in total. The Labute approximate surface area is 182 Å².